The summed E-state index contributed by atoms with van der Waals surface area (Å²) in [5.74, 6) is -0.318. The van der Waals surface area contributed by atoms with Crippen LogP contribution in [0.5, 0.6) is 0 Å². The highest BCUT2D eigenvalue weighted by atomic mass is 32.2. The van der Waals surface area contributed by atoms with E-state index in [0.29, 0.717) is 13.0 Å². The Labute approximate surface area is 132 Å². The molecule has 0 fully saturated rings. The van der Waals surface area contributed by atoms with E-state index in [1.807, 2.05) is 19.1 Å². The largest absolute Gasteiger partial charge is 0.748 e. The highest BCUT2D eigenvalue weighted by Crippen LogP contribution is 2.27. The molecule has 3 rings (SSSR count). The third kappa shape index (κ3) is 3.27. The molecule has 1 heterocycles. The molecule has 0 bridgehead atoms. The quantitative estimate of drug-likeness (QED) is 0.535. The summed E-state index contributed by atoms with van der Waals surface area (Å²) in [6.45, 7) is 2.56. The van der Waals surface area contributed by atoms with Crippen LogP contribution in [0, 0.1) is 6.92 Å². The van der Waals surface area contributed by atoms with Gasteiger partial charge in [0.15, 0.2) is 6.54 Å². The highest BCUT2D eigenvalue weighted by Gasteiger charge is 2.19. The van der Waals surface area contributed by atoms with Gasteiger partial charge in [-0.3, -0.25) is 0 Å². The van der Waals surface area contributed by atoms with Crippen LogP contribution in [-0.4, -0.2) is 24.2 Å². The molecule has 0 spiro atoms. The van der Waals surface area contributed by atoms with E-state index in [-0.39, 0.29) is 11.2 Å². The van der Waals surface area contributed by atoms with Crippen LogP contribution >= 0.6 is 11.3 Å². The number of thiazole rings is 1. The van der Waals surface area contributed by atoms with Gasteiger partial charge < -0.3 is 10.0 Å². The van der Waals surface area contributed by atoms with Crippen molar-refractivity contribution in [2.24, 2.45) is 0 Å². The Hall–Kier alpha value is -1.54. The molecule has 0 saturated heterocycles. The van der Waals surface area contributed by atoms with Crippen LogP contribution in [0.4, 0.5) is 0 Å². The van der Waals surface area contributed by atoms with Gasteiger partial charge in [0.2, 0.25) is 10.5 Å². The van der Waals surface area contributed by atoms with Crippen molar-refractivity contribution in [2.75, 3.05) is 5.75 Å². The molecule has 118 valence electrons. The lowest BCUT2D eigenvalue weighted by Crippen LogP contribution is -2.36. The molecule has 7 heteroatoms. The van der Waals surface area contributed by atoms with Crippen molar-refractivity contribution in [3.63, 3.8) is 0 Å². The van der Waals surface area contributed by atoms with Gasteiger partial charge in [-0.05, 0) is 17.5 Å². The molecule has 0 radical (unpaired) electrons. The molecule has 0 saturated carbocycles. The Bertz CT molecular complexity index is 916. The van der Waals surface area contributed by atoms with Gasteiger partial charge in [-0.15, -0.1) is 0 Å². The van der Waals surface area contributed by atoms with E-state index in [1.165, 1.54) is 4.70 Å². The standard InChI is InChI=1S/C15H15NO3S2.H2O/c1-11-16(9-4-10-21(17,18)19)15-13-6-3-2-5-12(13)7-8-14(15)20-11;/h2-3,5-8H,4,9-10H2,1H3;1H2. The lowest BCUT2D eigenvalue weighted by Gasteiger charge is -2.04. The van der Waals surface area contributed by atoms with Gasteiger partial charge in [0.1, 0.15) is 4.70 Å². The molecular weight excluding hydrogens is 322 g/mol. The Morgan fingerprint density at radius 3 is 2.64 bits per heavy atom. The zero-order valence-electron chi connectivity index (χ0n) is 12.1. The van der Waals surface area contributed by atoms with Crippen molar-refractivity contribution in [3.05, 3.63) is 41.4 Å². The number of hydrogen-bond acceptors (Lipinski definition) is 4. The molecule has 0 atom stereocenters. The van der Waals surface area contributed by atoms with E-state index in [4.69, 9.17) is 0 Å². The van der Waals surface area contributed by atoms with Crippen LogP contribution < -0.4 is 4.57 Å². The van der Waals surface area contributed by atoms with Crippen LogP contribution in [0.25, 0.3) is 21.0 Å². The Balaban J connectivity index is 0.00000176. The first-order chi connectivity index (χ1) is 9.96. The maximum absolute atomic E-state index is 10.8. The smallest absolute Gasteiger partial charge is 0.235 e. The first-order valence-corrected chi connectivity index (χ1v) is 9.09. The molecule has 3 aromatic rings. The minimum atomic E-state index is -4.15. The summed E-state index contributed by atoms with van der Waals surface area (Å²) in [7, 11) is -4.15. The first-order valence-electron chi connectivity index (χ1n) is 6.70. The van der Waals surface area contributed by atoms with Crippen molar-refractivity contribution >= 4 is 42.4 Å². The van der Waals surface area contributed by atoms with E-state index in [0.717, 1.165) is 21.3 Å². The fraction of sp³-hybridized carbons (Fsp3) is 0.267. The van der Waals surface area contributed by atoms with Gasteiger partial charge in [0.25, 0.3) is 0 Å². The van der Waals surface area contributed by atoms with Crippen LogP contribution in [-0.2, 0) is 16.7 Å². The Morgan fingerprint density at radius 1 is 1.18 bits per heavy atom. The van der Waals surface area contributed by atoms with Crippen LogP contribution in [0.1, 0.15) is 11.4 Å². The lowest BCUT2D eigenvalue weighted by molar-refractivity contribution is -0.672. The second-order valence-electron chi connectivity index (χ2n) is 5.02. The van der Waals surface area contributed by atoms with Crippen molar-refractivity contribution in [2.45, 2.75) is 19.9 Å². The van der Waals surface area contributed by atoms with E-state index in [9.17, 15) is 13.0 Å². The number of benzene rings is 2. The number of rotatable bonds is 4. The zero-order valence-corrected chi connectivity index (χ0v) is 13.7. The third-order valence-electron chi connectivity index (χ3n) is 3.55. The molecule has 2 aromatic carbocycles. The summed E-state index contributed by atoms with van der Waals surface area (Å²) in [6.07, 6.45) is 0.340. The zero-order chi connectivity index (χ0) is 15.0. The molecule has 5 nitrogen and oxygen atoms in total. The van der Waals surface area contributed by atoms with E-state index >= 15 is 0 Å². The summed E-state index contributed by atoms with van der Waals surface area (Å²) < 4.78 is 35.6. The summed E-state index contributed by atoms with van der Waals surface area (Å²) in [4.78, 5) is 0. The number of aromatic nitrogens is 1. The molecule has 0 aliphatic heterocycles. The molecule has 0 aliphatic rings. The summed E-state index contributed by atoms with van der Waals surface area (Å²) >= 11 is 1.69. The minimum absolute atomic E-state index is 0. The van der Waals surface area contributed by atoms with Crippen molar-refractivity contribution in [1.82, 2.24) is 0 Å². The van der Waals surface area contributed by atoms with Crippen LogP contribution in [0.2, 0.25) is 0 Å². The first kappa shape index (κ1) is 16.8. The molecular formula is C15H17NO4S2. The normalized spacial score (nSPS) is 11.7. The predicted octanol–water partition coefficient (Wildman–Crippen LogP) is 1.76. The topological polar surface area (TPSA) is 92.6 Å². The van der Waals surface area contributed by atoms with Gasteiger partial charge in [-0.25, -0.2) is 8.42 Å². The van der Waals surface area contributed by atoms with E-state index in [2.05, 4.69) is 28.8 Å². The van der Waals surface area contributed by atoms with Crippen molar-refractivity contribution < 1.29 is 23.0 Å². The van der Waals surface area contributed by atoms with E-state index < -0.39 is 10.1 Å². The molecule has 0 aliphatic carbocycles. The molecule has 1 aromatic heterocycles. The fourth-order valence-corrected chi connectivity index (χ4v) is 4.18. The fourth-order valence-electron chi connectivity index (χ4n) is 2.64. The van der Waals surface area contributed by atoms with Crippen molar-refractivity contribution in [3.8, 4) is 0 Å². The molecule has 2 N–H and O–H groups in total. The molecule has 22 heavy (non-hydrogen) atoms. The number of aryl methyl sites for hydroxylation is 2. The average molecular weight is 339 g/mol. The number of nitrogens with zero attached hydrogens (tertiary/aromatic N) is 1. The SMILES string of the molecule is Cc1sc2ccc3ccccc3c2[n+]1CCCS(=O)(=O)[O-].O. The molecule has 0 unspecified atom stereocenters. The van der Waals surface area contributed by atoms with Crippen molar-refractivity contribution in [1.29, 1.82) is 0 Å². The van der Waals surface area contributed by atoms with Gasteiger partial charge >= 0.3 is 0 Å². The average Bonchev–Trinajstić information content (AvgIpc) is 2.74. The second kappa shape index (κ2) is 6.29. The number of hydrogen-bond donors (Lipinski definition) is 0. The monoisotopic (exact) mass is 339 g/mol. The maximum Gasteiger partial charge on any atom is 0.235 e. The third-order valence-corrected chi connectivity index (χ3v) is 5.40. The van der Waals surface area contributed by atoms with Gasteiger partial charge in [0.05, 0.1) is 15.5 Å². The minimum Gasteiger partial charge on any atom is -0.748 e. The summed E-state index contributed by atoms with van der Waals surface area (Å²) in [6, 6.07) is 12.3. The number of fused-ring (bicyclic) bond motifs is 3. The molecule has 0 amide bonds. The summed E-state index contributed by atoms with van der Waals surface area (Å²) in [5, 5.41) is 3.43. The van der Waals surface area contributed by atoms with Crippen LogP contribution in [0.15, 0.2) is 36.4 Å². The van der Waals surface area contributed by atoms with Gasteiger partial charge in [-0.2, -0.15) is 4.57 Å². The lowest BCUT2D eigenvalue weighted by atomic mass is 10.1. The highest BCUT2D eigenvalue weighted by molar-refractivity contribution is 7.85. The Kier molecular flexibility index (Phi) is 4.81. The predicted molar refractivity (Wildman–Crippen MR) is 87.1 cm³/mol. The van der Waals surface area contributed by atoms with Gasteiger partial charge in [-0.1, -0.05) is 35.6 Å². The van der Waals surface area contributed by atoms with E-state index in [1.54, 1.807) is 11.3 Å². The second-order valence-corrected chi connectivity index (χ2v) is 7.78. The maximum atomic E-state index is 10.8. The van der Waals surface area contributed by atoms with Crippen LogP contribution in [0.3, 0.4) is 0 Å². The summed E-state index contributed by atoms with van der Waals surface area (Å²) in [5.41, 5.74) is 1.12. The van der Waals surface area contributed by atoms with Gasteiger partial charge in [0, 0.05) is 19.1 Å². The Morgan fingerprint density at radius 2 is 1.91 bits per heavy atom.